The van der Waals surface area contributed by atoms with Crippen LogP contribution in [0.1, 0.15) is 10.4 Å². The van der Waals surface area contributed by atoms with E-state index in [0.717, 1.165) is 0 Å². The first-order valence-corrected chi connectivity index (χ1v) is 9.67. The molecule has 0 aliphatic rings. The van der Waals surface area contributed by atoms with Gasteiger partial charge in [0.15, 0.2) is 0 Å². The third-order valence-electron chi connectivity index (χ3n) is 3.58. The minimum Gasteiger partial charge on any atom is -0.340 e. The van der Waals surface area contributed by atoms with Gasteiger partial charge in [0.2, 0.25) is 10.0 Å². The molecule has 1 aromatic heterocycles. The molecule has 0 aliphatic heterocycles. The van der Waals surface area contributed by atoms with E-state index in [9.17, 15) is 13.2 Å². The number of rotatable bonds is 5. The lowest BCUT2D eigenvalue weighted by Crippen LogP contribution is -2.15. The molecular formula is C18H15ClN4O3S. The van der Waals surface area contributed by atoms with Crippen molar-refractivity contribution in [1.82, 2.24) is 4.98 Å². The summed E-state index contributed by atoms with van der Waals surface area (Å²) in [6.45, 7) is 0. The number of pyridine rings is 1. The molecule has 0 atom stereocenters. The van der Waals surface area contributed by atoms with Crippen LogP contribution in [0.15, 0.2) is 71.8 Å². The van der Waals surface area contributed by atoms with Crippen LogP contribution < -0.4 is 15.8 Å². The van der Waals surface area contributed by atoms with Crippen molar-refractivity contribution in [2.75, 3.05) is 10.6 Å². The van der Waals surface area contributed by atoms with Gasteiger partial charge in [-0.25, -0.2) is 18.5 Å². The van der Waals surface area contributed by atoms with E-state index < -0.39 is 15.9 Å². The zero-order valence-corrected chi connectivity index (χ0v) is 15.5. The number of primary sulfonamides is 1. The van der Waals surface area contributed by atoms with Gasteiger partial charge in [-0.2, -0.15) is 0 Å². The largest absolute Gasteiger partial charge is 0.340 e. The van der Waals surface area contributed by atoms with Crippen LogP contribution >= 0.6 is 11.6 Å². The Labute approximate surface area is 161 Å². The van der Waals surface area contributed by atoms with Crippen molar-refractivity contribution in [2.45, 2.75) is 4.90 Å². The summed E-state index contributed by atoms with van der Waals surface area (Å²) >= 11 is 5.97. The molecule has 0 spiro atoms. The van der Waals surface area contributed by atoms with Crippen LogP contribution in [0.5, 0.6) is 0 Å². The highest BCUT2D eigenvalue weighted by Gasteiger charge is 2.14. The third-order valence-corrected chi connectivity index (χ3v) is 4.74. The standard InChI is InChI=1S/C18H15ClN4O3S/c19-12-3-1-4-14(11-12)22-17-16(5-2-10-21-17)18(24)23-13-6-8-15(9-7-13)27(20,25)26/h1-11H,(H,21,22)(H,23,24)(H2,20,25,26). The molecule has 0 bridgehead atoms. The van der Waals surface area contributed by atoms with Crippen molar-refractivity contribution in [3.05, 3.63) is 77.4 Å². The second kappa shape index (κ2) is 7.75. The summed E-state index contributed by atoms with van der Waals surface area (Å²) in [5.74, 6) is -0.0468. The van der Waals surface area contributed by atoms with Gasteiger partial charge in [-0.3, -0.25) is 4.79 Å². The molecule has 1 heterocycles. The van der Waals surface area contributed by atoms with Crippen molar-refractivity contribution >= 4 is 44.7 Å². The average molecular weight is 403 g/mol. The van der Waals surface area contributed by atoms with Gasteiger partial charge in [0.25, 0.3) is 5.91 Å². The Morgan fingerprint density at radius 2 is 1.74 bits per heavy atom. The Morgan fingerprint density at radius 3 is 2.41 bits per heavy atom. The number of nitrogens with zero attached hydrogens (tertiary/aromatic N) is 1. The van der Waals surface area contributed by atoms with E-state index in [4.69, 9.17) is 16.7 Å². The lowest BCUT2D eigenvalue weighted by molar-refractivity contribution is 0.102. The second-order valence-corrected chi connectivity index (χ2v) is 7.56. The summed E-state index contributed by atoms with van der Waals surface area (Å²) in [7, 11) is -3.79. The molecule has 0 fully saturated rings. The van der Waals surface area contributed by atoms with Crippen LogP contribution in [0, 0.1) is 0 Å². The van der Waals surface area contributed by atoms with Crippen LogP contribution in [0.25, 0.3) is 0 Å². The Bertz CT molecular complexity index is 1090. The third kappa shape index (κ3) is 4.82. The van der Waals surface area contributed by atoms with E-state index in [1.807, 2.05) is 0 Å². The second-order valence-electron chi connectivity index (χ2n) is 5.56. The van der Waals surface area contributed by atoms with Crippen molar-refractivity contribution in [1.29, 1.82) is 0 Å². The first kappa shape index (κ1) is 18.8. The maximum absolute atomic E-state index is 12.6. The zero-order chi connectivity index (χ0) is 19.4. The number of amides is 1. The van der Waals surface area contributed by atoms with Gasteiger partial charge >= 0.3 is 0 Å². The van der Waals surface area contributed by atoms with Crippen LogP contribution in [0.3, 0.4) is 0 Å². The molecule has 27 heavy (non-hydrogen) atoms. The number of carbonyl (C=O) groups excluding carboxylic acids is 1. The number of hydrogen-bond acceptors (Lipinski definition) is 5. The summed E-state index contributed by atoms with van der Waals surface area (Å²) in [4.78, 5) is 16.8. The van der Waals surface area contributed by atoms with Gasteiger partial charge in [0.05, 0.1) is 10.5 Å². The maximum Gasteiger partial charge on any atom is 0.259 e. The number of nitrogens with one attached hydrogen (secondary N) is 2. The van der Waals surface area contributed by atoms with Crippen molar-refractivity contribution in [3.8, 4) is 0 Å². The molecule has 0 saturated carbocycles. The number of aromatic nitrogens is 1. The molecule has 7 nitrogen and oxygen atoms in total. The SMILES string of the molecule is NS(=O)(=O)c1ccc(NC(=O)c2cccnc2Nc2cccc(Cl)c2)cc1. The molecule has 4 N–H and O–H groups in total. The number of sulfonamides is 1. The lowest BCUT2D eigenvalue weighted by Gasteiger charge is -2.11. The molecule has 0 radical (unpaired) electrons. The van der Waals surface area contributed by atoms with E-state index in [1.165, 1.54) is 24.3 Å². The molecular weight excluding hydrogens is 388 g/mol. The van der Waals surface area contributed by atoms with Gasteiger partial charge in [-0.15, -0.1) is 0 Å². The topological polar surface area (TPSA) is 114 Å². The fraction of sp³-hybridized carbons (Fsp3) is 0. The molecule has 0 aliphatic carbocycles. The zero-order valence-electron chi connectivity index (χ0n) is 13.9. The van der Waals surface area contributed by atoms with Crippen molar-refractivity contribution < 1.29 is 13.2 Å². The van der Waals surface area contributed by atoms with Crippen LogP contribution in [0.2, 0.25) is 5.02 Å². The summed E-state index contributed by atoms with van der Waals surface area (Å²) in [5, 5.41) is 11.4. The molecule has 0 saturated heterocycles. The van der Waals surface area contributed by atoms with E-state index in [2.05, 4.69) is 15.6 Å². The number of hydrogen-bond donors (Lipinski definition) is 3. The van der Waals surface area contributed by atoms with E-state index in [0.29, 0.717) is 27.8 Å². The first-order valence-electron chi connectivity index (χ1n) is 7.75. The minimum atomic E-state index is -3.79. The molecule has 2 aromatic carbocycles. The fourth-order valence-corrected chi connectivity index (χ4v) is 3.02. The van der Waals surface area contributed by atoms with Gasteiger partial charge < -0.3 is 10.6 Å². The average Bonchev–Trinajstić information content (AvgIpc) is 2.62. The van der Waals surface area contributed by atoms with E-state index >= 15 is 0 Å². The molecule has 3 rings (SSSR count). The van der Waals surface area contributed by atoms with Gasteiger partial charge in [0.1, 0.15) is 5.82 Å². The van der Waals surface area contributed by atoms with Gasteiger partial charge in [-0.05, 0) is 54.6 Å². The number of benzene rings is 2. The Hall–Kier alpha value is -2.94. The van der Waals surface area contributed by atoms with Crippen molar-refractivity contribution in [2.24, 2.45) is 5.14 Å². The first-order chi connectivity index (χ1) is 12.8. The molecule has 138 valence electrons. The maximum atomic E-state index is 12.6. The molecule has 1 amide bonds. The highest BCUT2D eigenvalue weighted by atomic mass is 35.5. The summed E-state index contributed by atoms with van der Waals surface area (Å²) < 4.78 is 22.6. The van der Waals surface area contributed by atoms with Gasteiger partial charge in [0, 0.05) is 22.6 Å². The Kier molecular flexibility index (Phi) is 5.41. The van der Waals surface area contributed by atoms with Crippen LogP contribution in [-0.4, -0.2) is 19.3 Å². The van der Waals surface area contributed by atoms with E-state index in [-0.39, 0.29) is 4.90 Å². The normalized spacial score (nSPS) is 11.0. The number of anilines is 3. The van der Waals surface area contributed by atoms with Crippen LogP contribution in [0.4, 0.5) is 17.2 Å². The number of halogens is 1. The molecule has 3 aromatic rings. The predicted molar refractivity (Wildman–Crippen MR) is 105 cm³/mol. The summed E-state index contributed by atoms with van der Waals surface area (Å²) in [6.07, 6.45) is 1.56. The Balaban J connectivity index is 1.81. The van der Waals surface area contributed by atoms with E-state index in [1.54, 1.807) is 42.6 Å². The highest BCUT2D eigenvalue weighted by molar-refractivity contribution is 7.89. The summed E-state index contributed by atoms with van der Waals surface area (Å²) in [5.41, 5.74) is 1.42. The number of nitrogens with two attached hydrogens (primary N) is 1. The Morgan fingerprint density at radius 1 is 1.00 bits per heavy atom. The quantitative estimate of drug-likeness (QED) is 0.605. The van der Waals surface area contributed by atoms with Crippen LogP contribution in [-0.2, 0) is 10.0 Å². The predicted octanol–water partition coefficient (Wildman–Crippen LogP) is 3.38. The minimum absolute atomic E-state index is 0.0369. The number of carbonyl (C=O) groups is 1. The smallest absolute Gasteiger partial charge is 0.259 e. The molecule has 9 heteroatoms. The van der Waals surface area contributed by atoms with Crippen molar-refractivity contribution in [3.63, 3.8) is 0 Å². The molecule has 0 unspecified atom stereocenters. The lowest BCUT2D eigenvalue weighted by atomic mass is 10.2. The summed E-state index contributed by atoms with van der Waals surface area (Å²) in [6, 6.07) is 15.8. The van der Waals surface area contributed by atoms with Gasteiger partial charge in [-0.1, -0.05) is 17.7 Å². The fourth-order valence-electron chi connectivity index (χ4n) is 2.32. The monoisotopic (exact) mass is 402 g/mol. The highest BCUT2D eigenvalue weighted by Crippen LogP contribution is 2.22.